The van der Waals surface area contributed by atoms with Gasteiger partial charge in [-0.25, -0.2) is 4.79 Å². The van der Waals surface area contributed by atoms with Crippen LogP contribution in [0.25, 0.3) is 0 Å². The molecule has 0 fully saturated rings. The molecule has 1 aromatic carbocycles. The summed E-state index contributed by atoms with van der Waals surface area (Å²) >= 11 is 9.67. The van der Waals surface area contributed by atoms with E-state index in [2.05, 4.69) is 35.1 Å². The zero-order valence-electron chi connectivity index (χ0n) is 12.3. The van der Waals surface area contributed by atoms with Crippen molar-refractivity contribution in [2.45, 2.75) is 33.2 Å². The molecule has 0 bridgehead atoms. The molecular formula is C15H21BrClNO2. The number of rotatable bonds is 6. The third kappa shape index (κ3) is 4.21. The molecule has 20 heavy (non-hydrogen) atoms. The second kappa shape index (κ2) is 7.43. The van der Waals surface area contributed by atoms with Crippen LogP contribution in [0.15, 0.2) is 22.7 Å². The Kier molecular flexibility index (Phi) is 6.49. The third-order valence-corrected chi connectivity index (χ3v) is 3.82. The number of nitrogens with one attached hydrogen (secondary N) is 1. The van der Waals surface area contributed by atoms with Gasteiger partial charge >= 0.3 is 5.97 Å². The molecule has 1 rings (SSSR count). The Labute approximate surface area is 134 Å². The molecule has 0 aliphatic rings. The van der Waals surface area contributed by atoms with E-state index in [1.807, 2.05) is 19.1 Å². The van der Waals surface area contributed by atoms with Gasteiger partial charge in [0.2, 0.25) is 0 Å². The monoisotopic (exact) mass is 361 g/mol. The summed E-state index contributed by atoms with van der Waals surface area (Å²) in [5.41, 5.74) is -0.223. The lowest BCUT2D eigenvalue weighted by atomic mass is 9.91. The number of hydrogen-bond donors (Lipinski definition) is 1. The van der Waals surface area contributed by atoms with Gasteiger partial charge in [-0.05, 0) is 38.4 Å². The van der Waals surface area contributed by atoms with Crippen LogP contribution >= 0.6 is 27.5 Å². The number of benzene rings is 1. The maximum absolute atomic E-state index is 12.4. The summed E-state index contributed by atoms with van der Waals surface area (Å²) in [4.78, 5) is 12.4. The van der Waals surface area contributed by atoms with E-state index in [9.17, 15) is 4.79 Å². The van der Waals surface area contributed by atoms with Gasteiger partial charge < -0.3 is 4.74 Å². The molecule has 5 heteroatoms. The van der Waals surface area contributed by atoms with Crippen molar-refractivity contribution in [3.05, 3.63) is 33.3 Å². The Morgan fingerprint density at radius 2 is 2.15 bits per heavy atom. The van der Waals surface area contributed by atoms with E-state index in [1.54, 1.807) is 13.0 Å². The van der Waals surface area contributed by atoms with E-state index < -0.39 is 5.54 Å². The van der Waals surface area contributed by atoms with Crippen molar-refractivity contribution in [1.82, 2.24) is 5.32 Å². The molecule has 0 aliphatic heterocycles. The van der Waals surface area contributed by atoms with Crippen LogP contribution in [0.4, 0.5) is 0 Å². The Balaban J connectivity index is 3.17. The average Bonchev–Trinajstić information content (AvgIpc) is 2.36. The van der Waals surface area contributed by atoms with Crippen LogP contribution in [-0.4, -0.2) is 19.1 Å². The number of carbonyl (C=O) groups excluding carboxylic acids is 1. The molecule has 0 spiro atoms. The quantitative estimate of drug-likeness (QED) is 0.773. The molecule has 0 aliphatic carbocycles. The molecule has 1 atom stereocenters. The molecule has 1 aromatic rings. The van der Waals surface area contributed by atoms with Gasteiger partial charge in [0.15, 0.2) is 0 Å². The number of esters is 1. The maximum Gasteiger partial charge on any atom is 0.330 e. The first-order valence-electron chi connectivity index (χ1n) is 6.69. The number of halogens is 2. The molecule has 0 radical (unpaired) electrons. The van der Waals surface area contributed by atoms with E-state index in [1.165, 1.54) is 0 Å². The van der Waals surface area contributed by atoms with Crippen LogP contribution in [0.2, 0.25) is 5.02 Å². The topological polar surface area (TPSA) is 38.3 Å². The molecule has 0 saturated heterocycles. The first kappa shape index (κ1) is 17.5. The van der Waals surface area contributed by atoms with E-state index in [-0.39, 0.29) is 5.97 Å². The summed E-state index contributed by atoms with van der Waals surface area (Å²) in [7, 11) is 0. The summed E-state index contributed by atoms with van der Waals surface area (Å²) in [6.07, 6.45) is 0. The van der Waals surface area contributed by atoms with Gasteiger partial charge in [0, 0.05) is 15.1 Å². The van der Waals surface area contributed by atoms with Crippen molar-refractivity contribution in [3.8, 4) is 0 Å². The largest absolute Gasteiger partial charge is 0.464 e. The minimum Gasteiger partial charge on any atom is -0.464 e. The molecule has 1 unspecified atom stereocenters. The fourth-order valence-corrected chi connectivity index (χ4v) is 2.72. The molecule has 3 nitrogen and oxygen atoms in total. The van der Waals surface area contributed by atoms with Gasteiger partial charge in [0.05, 0.1) is 6.61 Å². The Bertz CT molecular complexity index is 479. The zero-order chi connectivity index (χ0) is 15.3. The van der Waals surface area contributed by atoms with Crippen LogP contribution in [-0.2, 0) is 15.1 Å². The predicted octanol–water partition coefficient (Wildman–Crippen LogP) is 4.13. The normalized spacial score (nSPS) is 14.2. The molecule has 0 amide bonds. The van der Waals surface area contributed by atoms with Gasteiger partial charge in [-0.2, -0.15) is 0 Å². The molecule has 0 aromatic heterocycles. The van der Waals surface area contributed by atoms with E-state index in [4.69, 9.17) is 16.3 Å². The van der Waals surface area contributed by atoms with Gasteiger partial charge in [-0.1, -0.05) is 47.4 Å². The first-order chi connectivity index (χ1) is 9.31. The van der Waals surface area contributed by atoms with Crippen LogP contribution in [0, 0.1) is 5.92 Å². The highest BCUT2D eigenvalue weighted by molar-refractivity contribution is 9.10. The number of ether oxygens (including phenoxy) is 1. The minimum atomic E-state index is -0.946. The van der Waals surface area contributed by atoms with E-state index in [0.717, 1.165) is 10.0 Å². The standard InChI is InChI=1S/C15H21BrClNO2/c1-5-20-14(19)15(4,18-9-10(2)3)12-7-6-11(16)8-13(12)17/h6-8,10,18H,5,9H2,1-4H3. The highest BCUT2D eigenvalue weighted by atomic mass is 79.9. The molecule has 1 N–H and O–H groups in total. The zero-order valence-corrected chi connectivity index (χ0v) is 14.6. The van der Waals surface area contributed by atoms with Crippen molar-refractivity contribution in [1.29, 1.82) is 0 Å². The summed E-state index contributed by atoms with van der Waals surface area (Å²) in [5.74, 6) is 0.0999. The third-order valence-electron chi connectivity index (χ3n) is 3.02. The maximum atomic E-state index is 12.4. The Morgan fingerprint density at radius 3 is 2.65 bits per heavy atom. The minimum absolute atomic E-state index is 0.315. The fourth-order valence-electron chi connectivity index (χ4n) is 1.86. The number of hydrogen-bond acceptors (Lipinski definition) is 3. The van der Waals surface area contributed by atoms with Gasteiger partial charge in [0.25, 0.3) is 0 Å². The highest BCUT2D eigenvalue weighted by Gasteiger charge is 2.38. The van der Waals surface area contributed by atoms with Gasteiger partial charge in [0.1, 0.15) is 5.54 Å². The molecule has 0 saturated carbocycles. The van der Waals surface area contributed by atoms with E-state index >= 15 is 0 Å². The molecular weight excluding hydrogens is 342 g/mol. The van der Waals surface area contributed by atoms with Crippen molar-refractivity contribution in [3.63, 3.8) is 0 Å². The SMILES string of the molecule is CCOC(=O)C(C)(NCC(C)C)c1ccc(Br)cc1Cl. The van der Waals surface area contributed by atoms with Crippen LogP contribution in [0.3, 0.4) is 0 Å². The number of carbonyl (C=O) groups is 1. The summed E-state index contributed by atoms with van der Waals surface area (Å²) in [6.45, 7) is 8.81. The van der Waals surface area contributed by atoms with Crippen LogP contribution in [0.1, 0.15) is 33.3 Å². The lowest BCUT2D eigenvalue weighted by Crippen LogP contribution is -2.49. The second-order valence-corrected chi connectivity index (χ2v) is 6.57. The smallest absolute Gasteiger partial charge is 0.330 e. The van der Waals surface area contributed by atoms with Crippen molar-refractivity contribution in [2.24, 2.45) is 5.92 Å². The van der Waals surface area contributed by atoms with Crippen LogP contribution in [0.5, 0.6) is 0 Å². The average molecular weight is 363 g/mol. The lowest BCUT2D eigenvalue weighted by molar-refractivity contribution is -0.151. The summed E-state index contributed by atoms with van der Waals surface area (Å²) < 4.78 is 6.08. The highest BCUT2D eigenvalue weighted by Crippen LogP contribution is 2.31. The Morgan fingerprint density at radius 1 is 1.50 bits per heavy atom. The van der Waals surface area contributed by atoms with Crippen molar-refractivity contribution < 1.29 is 9.53 Å². The van der Waals surface area contributed by atoms with Gasteiger partial charge in [-0.3, -0.25) is 5.32 Å². The van der Waals surface area contributed by atoms with Crippen molar-refractivity contribution in [2.75, 3.05) is 13.2 Å². The van der Waals surface area contributed by atoms with E-state index in [0.29, 0.717) is 24.1 Å². The summed E-state index contributed by atoms with van der Waals surface area (Å²) in [5, 5.41) is 3.82. The first-order valence-corrected chi connectivity index (χ1v) is 7.86. The van der Waals surface area contributed by atoms with Gasteiger partial charge in [-0.15, -0.1) is 0 Å². The molecule has 0 heterocycles. The Hall–Kier alpha value is -0.580. The fraction of sp³-hybridized carbons (Fsp3) is 0.533. The predicted molar refractivity (Wildman–Crippen MR) is 86.0 cm³/mol. The molecule has 112 valence electrons. The summed E-state index contributed by atoms with van der Waals surface area (Å²) in [6, 6.07) is 5.50. The van der Waals surface area contributed by atoms with Crippen LogP contribution < -0.4 is 5.32 Å². The lowest BCUT2D eigenvalue weighted by Gasteiger charge is -2.30. The van der Waals surface area contributed by atoms with Crippen molar-refractivity contribution >= 4 is 33.5 Å². The second-order valence-electron chi connectivity index (χ2n) is 5.24.